The second-order valence-corrected chi connectivity index (χ2v) is 9.50. The monoisotopic (exact) mass is 466 g/mol. The maximum Gasteiger partial charge on any atom is 0.269 e. The quantitative estimate of drug-likeness (QED) is 0.251. The first-order chi connectivity index (χ1) is 15.8. The average Bonchev–Trinajstić information content (AvgIpc) is 2.81. The largest absolute Gasteiger partial charge is 0.352 e. The standard InChI is InChI=1S/C24H26N4O4S/c1-15-6-5-9-20(16(15)2)25-22(29)14-33-24-26-21-8-4-3-7-19(21)23(30)27(24)17-10-12-18(13-11-17)28(31)32/h3-4,7-8,10-13,15-16,20H,5-6,9,14H2,1-2H3,(H,25,29)/t15-,16+,20+/m1/s1. The molecule has 1 aliphatic rings. The van der Waals surface area contributed by atoms with E-state index in [2.05, 4.69) is 24.1 Å². The minimum absolute atomic E-state index is 0.0649. The van der Waals surface area contributed by atoms with Gasteiger partial charge in [-0.1, -0.05) is 50.6 Å². The molecule has 0 spiro atoms. The molecule has 33 heavy (non-hydrogen) atoms. The van der Waals surface area contributed by atoms with Crippen LogP contribution in [0.2, 0.25) is 0 Å². The van der Waals surface area contributed by atoms with E-state index >= 15 is 0 Å². The maximum absolute atomic E-state index is 13.3. The number of nitro benzene ring substituents is 1. The lowest BCUT2D eigenvalue weighted by molar-refractivity contribution is -0.384. The molecule has 0 saturated heterocycles. The van der Waals surface area contributed by atoms with Crippen molar-refractivity contribution in [2.75, 3.05) is 5.75 Å². The number of nitrogens with one attached hydrogen (secondary N) is 1. The Bertz CT molecular complexity index is 1240. The lowest BCUT2D eigenvalue weighted by Crippen LogP contribution is -2.44. The normalized spacial score (nSPS) is 20.5. The van der Waals surface area contributed by atoms with Gasteiger partial charge in [0, 0.05) is 18.2 Å². The van der Waals surface area contributed by atoms with Crippen LogP contribution in [0, 0.1) is 22.0 Å². The highest BCUT2D eigenvalue weighted by atomic mass is 32.2. The van der Waals surface area contributed by atoms with Crippen LogP contribution in [0.15, 0.2) is 58.5 Å². The number of nitro groups is 1. The smallest absolute Gasteiger partial charge is 0.269 e. The van der Waals surface area contributed by atoms with E-state index in [-0.39, 0.29) is 28.9 Å². The summed E-state index contributed by atoms with van der Waals surface area (Å²) in [6, 6.07) is 12.9. The van der Waals surface area contributed by atoms with Crippen LogP contribution < -0.4 is 10.9 Å². The molecule has 3 atom stereocenters. The summed E-state index contributed by atoms with van der Waals surface area (Å²) in [7, 11) is 0. The molecule has 3 aromatic rings. The highest BCUT2D eigenvalue weighted by Crippen LogP contribution is 2.30. The number of thioether (sulfide) groups is 1. The first kappa shape index (κ1) is 23.0. The van der Waals surface area contributed by atoms with Crippen LogP contribution in [0.25, 0.3) is 16.6 Å². The third-order valence-corrected chi connectivity index (χ3v) is 7.39. The summed E-state index contributed by atoms with van der Waals surface area (Å²) in [5, 5.41) is 15.0. The molecule has 0 bridgehead atoms. The van der Waals surface area contributed by atoms with E-state index in [1.807, 2.05) is 0 Å². The van der Waals surface area contributed by atoms with Crippen molar-refractivity contribution >= 4 is 34.3 Å². The number of carbonyl (C=O) groups excluding carboxylic acids is 1. The molecule has 1 heterocycles. The number of amides is 1. The summed E-state index contributed by atoms with van der Waals surface area (Å²) in [6.07, 6.45) is 3.27. The molecule has 1 aliphatic carbocycles. The van der Waals surface area contributed by atoms with E-state index in [0.717, 1.165) is 12.8 Å². The summed E-state index contributed by atoms with van der Waals surface area (Å²) in [4.78, 5) is 41.2. The third-order valence-electron chi connectivity index (χ3n) is 6.45. The molecular weight excluding hydrogens is 440 g/mol. The summed E-state index contributed by atoms with van der Waals surface area (Å²) >= 11 is 1.19. The van der Waals surface area contributed by atoms with Gasteiger partial charge in [0.05, 0.1) is 27.3 Å². The molecule has 1 aromatic heterocycles. The van der Waals surface area contributed by atoms with Crippen LogP contribution in [0.3, 0.4) is 0 Å². The Morgan fingerprint density at radius 1 is 1.18 bits per heavy atom. The molecule has 1 saturated carbocycles. The Morgan fingerprint density at radius 2 is 1.91 bits per heavy atom. The Hall–Kier alpha value is -3.20. The number of hydrogen-bond acceptors (Lipinski definition) is 6. The molecule has 8 nitrogen and oxygen atoms in total. The summed E-state index contributed by atoms with van der Waals surface area (Å²) in [5.41, 5.74) is 0.650. The van der Waals surface area contributed by atoms with Crippen LogP contribution in [-0.4, -0.2) is 32.2 Å². The highest BCUT2D eigenvalue weighted by Gasteiger charge is 2.28. The zero-order valence-electron chi connectivity index (χ0n) is 18.6. The molecule has 9 heteroatoms. The molecule has 2 aromatic carbocycles. The minimum Gasteiger partial charge on any atom is -0.352 e. The van der Waals surface area contributed by atoms with Crippen molar-refractivity contribution in [3.8, 4) is 5.69 Å². The first-order valence-electron chi connectivity index (χ1n) is 11.0. The molecule has 1 amide bonds. The van der Waals surface area contributed by atoms with Gasteiger partial charge < -0.3 is 5.32 Å². The molecule has 0 aliphatic heterocycles. The van der Waals surface area contributed by atoms with Gasteiger partial charge in [-0.05, 0) is 42.5 Å². The maximum atomic E-state index is 13.3. The van der Waals surface area contributed by atoms with Gasteiger partial charge in [0.25, 0.3) is 11.2 Å². The van der Waals surface area contributed by atoms with Crippen molar-refractivity contribution in [3.05, 3.63) is 69.0 Å². The number of aromatic nitrogens is 2. The lowest BCUT2D eigenvalue weighted by Gasteiger charge is -2.34. The fourth-order valence-electron chi connectivity index (χ4n) is 4.32. The lowest BCUT2D eigenvalue weighted by atomic mass is 9.78. The van der Waals surface area contributed by atoms with E-state index in [4.69, 9.17) is 0 Å². The van der Waals surface area contributed by atoms with Crippen LogP contribution in [-0.2, 0) is 4.79 Å². The average molecular weight is 467 g/mol. The number of hydrogen-bond donors (Lipinski definition) is 1. The van der Waals surface area contributed by atoms with E-state index in [1.54, 1.807) is 24.3 Å². The van der Waals surface area contributed by atoms with Crippen LogP contribution in [0.1, 0.15) is 33.1 Å². The van der Waals surface area contributed by atoms with Crippen LogP contribution >= 0.6 is 11.8 Å². The van der Waals surface area contributed by atoms with Gasteiger partial charge in [-0.15, -0.1) is 0 Å². The van der Waals surface area contributed by atoms with E-state index in [0.29, 0.717) is 33.6 Å². The molecule has 1 fully saturated rings. The van der Waals surface area contributed by atoms with Crippen LogP contribution in [0.4, 0.5) is 5.69 Å². The predicted molar refractivity (Wildman–Crippen MR) is 129 cm³/mol. The number of nitrogens with zero attached hydrogens (tertiary/aromatic N) is 3. The van der Waals surface area contributed by atoms with Gasteiger partial charge in [0.15, 0.2) is 5.16 Å². The molecule has 1 N–H and O–H groups in total. The van der Waals surface area contributed by atoms with Crippen molar-refractivity contribution in [2.24, 2.45) is 11.8 Å². The van der Waals surface area contributed by atoms with Crippen molar-refractivity contribution in [2.45, 2.75) is 44.3 Å². The van der Waals surface area contributed by atoms with E-state index in [9.17, 15) is 19.7 Å². The fourth-order valence-corrected chi connectivity index (χ4v) is 5.15. The highest BCUT2D eigenvalue weighted by molar-refractivity contribution is 7.99. The third kappa shape index (κ3) is 4.93. The van der Waals surface area contributed by atoms with Gasteiger partial charge in [-0.3, -0.25) is 24.3 Å². The molecular formula is C24H26N4O4S. The SMILES string of the molecule is C[C@H]1[C@H](C)CCC[C@@H]1NC(=O)CSc1nc2ccccc2c(=O)n1-c1ccc([N+](=O)[O-])cc1. The summed E-state index contributed by atoms with van der Waals surface area (Å²) < 4.78 is 1.41. The number of non-ortho nitro benzene ring substituents is 1. The number of fused-ring (bicyclic) bond motifs is 1. The van der Waals surface area contributed by atoms with Crippen LogP contribution in [0.5, 0.6) is 0 Å². The number of benzene rings is 2. The van der Waals surface area contributed by atoms with E-state index < -0.39 is 4.92 Å². The zero-order chi connectivity index (χ0) is 23.5. The minimum atomic E-state index is -0.488. The van der Waals surface area contributed by atoms with Gasteiger partial charge >= 0.3 is 0 Å². The number of carbonyl (C=O) groups is 1. The summed E-state index contributed by atoms with van der Waals surface area (Å²) in [6.45, 7) is 4.40. The summed E-state index contributed by atoms with van der Waals surface area (Å²) in [5.74, 6) is 1.02. The van der Waals surface area contributed by atoms with Gasteiger partial charge in [-0.2, -0.15) is 0 Å². The fraction of sp³-hybridized carbons (Fsp3) is 0.375. The van der Waals surface area contributed by atoms with E-state index in [1.165, 1.54) is 47.0 Å². The van der Waals surface area contributed by atoms with Crippen molar-refractivity contribution in [1.82, 2.24) is 14.9 Å². The van der Waals surface area contributed by atoms with Gasteiger partial charge in [0.2, 0.25) is 5.91 Å². The van der Waals surface area contributed by atoms with Gasteiger partial charge in [-0.25, -0.2) is 4.98 Å². The number of para-hydroxylation sites is 1. The Morgan fingerprint density at radius 3 is 2.64 bits per heavy atom. The second kappa shape index (κ2) is 9.74. The van der Waals surface area contributed by atoms with Crippen molar-refractivity contribution < 1.29 is 9.72 Å². The number of rotatable bonds is 6. The molecule has 172 valence electrons. The Labute approximate surface area is 195 Å². The molecule has 0 unspecified atom stereocenters. The van der Waals surface area contributed by atoms with Crippen molar-refractivity contribution in [1.29, 1.82) is 0 Å². The topological polar surface area (TPSA) is 107 Å². The Kier molecular flexibility index (Phi) is 6.78. The van der Waals surface area contributed by atoms with Gasteiger partial charge in [0.1, 0.15) is 0 Å². The molecule has 0 radical (unpaired) electrons. The van der Waals surface area contributed by atoms with Crippen molar-refractivity contribution in [3.63, 3.8) is 0 Å². The Balaban J connectivity index is 1.62. The first-order valence-corrected chi connectivity index (χ1v) is 12.0. The predicted octanol–water partition coefficient (Wildman–Crippen LogP) is 4.33. The zero-order valence-corrected chi connectivity index (χ0v) is 19.4. The second-order valence-electron chi connectivity index (χ2n) is 8.56. The molecule has 4 rings (SSSR count).